The number of nitrogens with zero attached hydrogens (tertiary/aromatic N) is 1. The van der Waals surface area contributed by atoms with Crippen molar-refractivity contribution in [2.45, 2.75) is 32.1 Å². The van der Waals surface area contributed by atoms with Crippen LogP contribution >= 0.6 is 0 Å². The highest BCUT2D eigenvalue weighted by atomic mass is 15.0. The van der Waals surface area contributed by atoms with Gasteiger partial charge in [0.25, 0.3) is 0 Å². The van der Waals surface area contributed by atoms with Crippen LogP contribution < -0.4 is 5.73 Å². The van der Waals surface area contributed by atoms with Crippen LogP contribution in [0.2, 0.25) is 0 Å². The maximum Gasteiger partial charge on any atom is 0.114 e. The van der Waals surface area contributed by atoms with Gasteiger partial charge in [-0.3, -0.25) is 0 Å². The Balaban J connectivity index is 2.07. The molecule has 0 aliphatic heterocycles. The highest BCUT2D eigenvalue weighted by Gasteiger charge is 2.45. The third-order valence-corrected chi connectivity index (χ3v) is 4.03. The molecule has 1 saturated carbocycles. The first-order valence-electron chi connectivity index (χ1n) is 6.49. The molecule has 0 spiro atoms. The SMILES string of the molecule is Cc1ccccc1-c1nc(C2(CN)CC2)[nH]c1C. The number of aromatic nitrogens is 2. The van der Waals surface area contributed by atoms with Gasteiger partial charge in [-0.05, 0) is 32.3 Å². The van der Waals surface area contributed by atoms with Crippen molar-refractivity contribution in [2.24, 2.45) is 5.73 Å². The number of imidazole rings is 1. The summed E-state index contributed by atoms with van der Waals surface area (Å²) in [4.78, 5) is 8.24. The molecule has 94 valence electrons. The van der Waals surface area contributed by atoms with Crippen LogP contribution in [0.1, 0.15) is 29.9 Å². The van der Waals surface area contributed by atoms with Crippen LogP contribution in [0.5, 0.6) is 0 Å². The molecule has 1 aromatic heterocycles. The fourth-order valence-corrected chi connectivity index (χ4v) is 2.50. The van der Waals surface area contributed by atoms with Crippen molar-refractivity contribution in [3.63, 3.8) is 0 Å². The smallest absolute Gasteiger partial charge is 0.114 e. The number of hydrogen-bond acceptors (Lipinski definition) is 2. The van der Waals surface area contributed by atoms with Gasteiger partial charge < -0.3 is 10.7 Å². The second-order valence-electron chi connectivity index (χ2n) is 5.36. The first-order valence-corrected chi connectivity index (χ1v) is 6.49. The van der Waals surface area contributed by atoms with Crippen LogP contribution in [-0.4, -0.2) is 16.5 Å². The number of hydrogen-bond donors (Lipinski definition) is 2. The van der Waals surface area contributed by atoms with E-state index in [1.165, 1.54) is 11.1 Å². The van der Waals surface area contributed by atoms with Crippen molar-refractivity contribution >= 4 is 0 Å². The van der Waals surface area contributed by atoms with Crippen molar-refractivity contribution in [3.8, 4) is 11.3 Å². The molecular weight excluding hydrogens is 222 g/mol. The Hall–Kier alpha value is -1.61. The van der Waals surface area contributed by atoms with E-state index in [9.17, 15) is 0 Å². The molecule has 18 heavy (non-hydrogen) atoms. The molecule has 1 aliphatic rings. The Morgan fingerprint density at radius 2 is 2.00 bits per heavy atom. The summed E-state index contributed by atoms with van der Waals surface area (Å²) in [5.74, 6) is 1.07. The number of aryl methyl sites for hydroxylation is 2. The summed E-state index contributed by atoms with van der Waals surface area (Å²) in [6.45, 7) is 4.90. The molecule has 0 unspecified atom stereocenters. The number of benzene rings is 1. The van der Waals surface area contributed by atoms with Gasteiger partial charge in [-0.1, -0.05) is 24.3 Å². The van der Waals surface area contributed by atoms with E-state index in [0.717, 1.165) is 30.1 Å². The van der Waals surface area contributed by atoms with E-state index in [4.69, 9.17) is 10.7 Å². The first-order chi connectivity index (χ1) is 8.66. The Morgan fingerprint density at radius 1 is 1.28 bits per heavy atom. The summed E-state index contributed by atoms with van der Waals surface area (Å²) in [7, 11) is 0. The molecular formula is C15H19N3. The molecule has 1 aromatic carbocycles. The van der Waals surface area contributed by atoms with Crippen LogP contribution in [0.25, 0.3) is 11.3 Å². The molecule has 0 radical (unpaired) electrons. The van der Waals surface area contributed by atoms with Gasteiger partial charge >= 0.3 is 0 Å². The lowest BCUT2D eigenvalue weighted by Gasteiger charge is -2.07. The standard InChI is InChI=1S/C15H19N3/c1-10-5-3-4-6-12(10)13-11(2)17-14(18-13)15(9-16)7-8-15/h3-6H,7-9,16H2,1-2H3,(H,17,18). The van der Waals surface area contributed by atoms with Gasteiger partial charge in [-0.25, -0.2) is 4.98 Å². The molecule has 0 amide bonds. The van der Waals surface area contributed by atoms with Gasteiger partial charge in [0.15, 0.2) is 0 Å². The van der Waals surface area contributed by atoms with Crippen molar-refractivity contribution in [1.29, 1.82) is 0 Å². The Labute approximate surface area is 107 Å². The monoisotopic (exact) mass is 241 g/mol. The highest BCUT2D eigenvalue weighted by Crippen LogP contribution is 2.46. The van der Waals surface area contributed by atoms with Crippen LogP contribution in [0, 0.1) is 13.8 Å². The topological polar surface area (TPSA) is 54.7 Å². The highest BCUT2D eigenvalue weighted by molar-refractivity contribution is 5.66. The summed E-state index contributed by atoms with van der Waals surface area (Å²) in [6.07, 6.45) is 2.31. The van der Waals surface area contributed by atoms with E-state index in [0.29, 0.717) is 6.54 Å². The Kier molecular flexibility index (Phi) is 2.52. The molecule has 3 nitrogen and oxygen atoms in total. The van der Waals surface area contributed by atoms with E-state index in [1.807, 2.05) is 0 Å². The number of nitrogens with one attached hydrogen (secondary N) is 1. The van der Waals surface area contributed by atoms with Gasteiger partial charge in [0.1, 0.15) is 5.82 Å². The fraction of sp³-hybridized carbons (Fsp3) is 0.400. The molecule has 3 heteroatoms. The summed E-state index contributed by atoms with van der Waals surface area (Å²) in [5, 5.41) is 0. The molecule has 1 fully saturated rings. The summed E-state index contributed by atoms with van der Waals surface area (Å²) in [6, 6.07) is 8.37. The van der Waals surface area contributed by atoms with Gasteiger partial charge in [0.2, 0.25) is 0 Å². The molecule has 0 atom stereocenters. The number of nitrogens with two attached hydrogens (primary N) is 1. The van der Waals surface area contributed by atoms with Crippen LogP contribution in [-0.2, 0) is 5.41 Å². The quantitative estimate of drug-likeness (QED) is 0.868. The van der Waals surface area contributed by atoms with Crippen molar-refractivity contribution in [3.05, 3.63) is 41.3 Å². The lowest BCUT2D eigenvalue weighted by molar-refractivity contribution is 0.658. The molecule has 1 aliphatic carbocycles. The average molecular weight is 241 g/mol. The second-order valence-corrected chi connectivity index (χ2v) is 5.36. The minimum atomic E-state index is 0.131. The lowest BCUT2D eigenvalue weighted by atomic mass is 10.0. The van der Waals surface area contributed by atoms with E-state index < -0.39 is 0 Å². The zero-order chi connectivity index (χ0) is 12.8. The van der Waals surface area contributed by atoms with Crippen molar-refractivity contribution < 1.29 is 0 Å². The van der Waals surface area contributed by atoms with Crippen molar-refractivity contribution in [1.82, 2.24) is 9.97 Å². The van der Waals surface area contributed by atoms with Crippen LogP contribution in [0.3, 0.4) is 0 Å². The first kappa shape index (κ1) is 11.5. The fourth-order valence-electron chi connectivity index (χ4n) is 2.50. The summed E-state index contributed by atoms with van der Waals surface area (Å²) < 4.78 is 0. The number of rotatable bonds is 3. The minimum Gasteiger partial charge on any atom is -0.345 e. The number of aromatic amines is 1. The third kappa shape index (κ3) is 1.66. The van der Waals surface area contributed by atoms with Gasteiger partial charge in [0, 0.05) is 23.2 Å². The Bertz CT molecular complexity index is 579. The normalized spacial score (nSPS) is 16.8. The van der Waals surface area contributed by atoms with E-state index in [-0.39, 0.29) is 5.41 Å². The minimum absolute atomic E-state index is 0.131. The van der Waals surface area contributed by atoms with Gasteiger partial charge in [-0.2, -0.15) is 0 Å². The predicted octanol–water partition coefficient (Wildman–Crippen LogP) is 2.68. The molecule has 3 N–H and O–H groups in total. The van der Waals surface area contributed by atoms with E-state index in [1.54, 1.807) is 0 Å². The van der Waals surface area contributed by atoms with Crippen molar-refractivity contribution in [2.75, 3.05) is 6.54 Å². The Morgan fingerprint density at radius 3 is 2.61 bits per heavy atom. The zero-order valence-corrected chi connectivity index (χ0v) is 11.0. The van der Waals surface area contributed by atoms with Gasteiger partial charge in [-0.15, -0.1) is 0 Å². The third-order valence-electron chi connectivity index (χ3n) is 4.03. The van der Waals surface area contributed by atoms with Gasteiger partial charge in [0.05, 0.1) is 5.69 Å². The maximum atomic E-state index is 5.87. The molecule has 3 rings (SSSR count). The largest absolute Gasteiger partial charge is 0.345 e. The zero-order valence-electron chi connectivity index (χ0n) is 11.0. The summed E-state index contributed by atoms with van der Waals surface area (Å²) >= 11 is 0. The van der Waals surface area contributed by atoms with E-state index in [2.05, 4.69) is 43.1 Å². The lowest BCUT2D eigenvalue weighted by Crippen LogP contribution is -2.21. The molecule has 2 aromatic rings. The molecule has 0 saturated heterocycles. The average Bonchev–Trinajstić information content (AvgIpc) is 3.08. The maximum absolute atomic E-state index is 5.87. The van der Waals surface area contributed by atoms with Crippen LogP contribution in [0.4, 0.5) is 0 Å². The van der Waals surface area contributed by atoms with E-state index >= 15 is 0 Å². The number of H-pyrrole nitrogens is 1. The predicted molar refractivity (Wildman–Crippen MR) is 73.5 cm³/mol. The van der Waals surface area contributed by atoms with Crippen LogP contribution in [0.15, 0.2) is 24.3 Å². The molecule has 1 heterocycles. The second kappa shape index (κ2) is 3.95. The molecule has 0 bridgehead atoms. The summed E-state index contributed by atoms with van der Waals surface area (Å²) in [5.41, 5.74) is 10.7.